The van der Waals surface area contributed by atoms with Gasteiger partial charge in [0.2, 0.25) is 5.78 Å². The number of ether oxygens (including phenoxy) is 1. The molecular weight excluding hydrogens is 219 g/mol. The van der Waals surface area contributed by atoms with Crippen LogP contribution in [-0.2, 0) is 0 Å². The van der Waals surface area contributed by atoms with Crippen molar-refractivity contribution in [1.82, 2.24) is 0 Å². The molecular formula is C14H11FO2. The van der Waals surface area contributed by atoms with E-state index in [9.17, 15) is 9.18 Å². The number of carbonyl (C=O) groups excluding carboxylic acids is 1. The number of halogens is 1. The number of rotatable bonds is 4. The molecule has 0 radical (unpaired) electrons. The molecule has 0 aliphatic carbocycles. The Labute approximate surface area is 98.7 Å². The zero-order chi connectivity index (χ0) is 12.1. The molecule has 0 atom stereocenters. The maximum Gasteiger partial charge on any atom is 0.203 e. The normalized spacial score (nSPS) is 9.94. The summed E-state index contributed by atoms with van der Waals surface area (Å²) in [5, 5.41) is 0. The summed E-state index contributed by atoms with van der Waals surface area (Å²) in [5.41, 5.74) is 0.0587. The molecule has 17 heavy (non-hydrogen) atoms. The van der Waals surface area contributed by atoms with Gasteiger partial charge in [-0.2, -0.15) is 0 Å². The Morgan fingerprint density at radius 2 is 1.65 bits per heavy atom. The third kappa shape index (κ3) is 2.91. The summed E-state index contributed by atoms with van der Waals surface area (Å²) in [4.78, 5) is 11.7. The van der Waals surface area contributed by atoms with E-state index in [2.05, 4.69) is 0 Å². The lowest BCUT2D eigenvalue weighted by molar-refractivity contribution is 0.0917. The minimum Gasteiger partial charge on any atom is -0.485 e. The minimum absolute atomic E-state index is 0.0587. The topological polar surface area (TPSA) is 26.3 Å². The number of benzene rings is 2. The summed E-state index contributed by atoms with van der Waals surface area (Å²) < 4.78 is 18.6. The fourth-order valence-corrected chi connectivity index (χ4v) is 1.43. The van der Waals surface area contributed by atoms with Crippen molar-refractivity contribution in [2.75, 3.05) is 6.61 Å². The van der Waals surface area contributed by atoms with Gasteiger partial charge in [-0.3, -0.25) is 4.79 Å². The van der Waals surface area contributed by atoms with Gasteiger partial charge in [-0.1, -0.05) is 30.3 Å². The van der Waals surface area contributed by atoms with E-state index in [4.69, 9.17) is 4.74 Å². The molecule has 0 N–H and O–H groups in total. The van der Waals surface area contributed by atoms with Gasteiger partial charge in [0.05, 0.1) is 5.56 Å². The monoisotopic (exact) mass is 230 g/mol. The highest BCUT2D eigenvalue weighted by molar-refractivity contribution is 5.97. The molecule has 0 fully saturated rings. The first-order valence-electron chi connectivity index (χ1n) is 5.23. The molecule has 2 aromatic rings. The van der Waals surface area contributed by atoms with Crippen LogP contribution in [0.1, 0.15) is 10.4 Å². The van der Waals surface area contributed by atoms with E-state index in [1.165, 1.54) is 12.1 Å². The van der Waals surface area contributed by atoms with E-state index < -0.39 is 5.82 Å². The second-order valence-corrected chi connectivity index (χ2v) is 3.50. The molecule has 86 valence electrons. The highest BCUT2D eigenvalue weighted by Gasteiger charge is 2.11. The predicted octanol–water partition coefficient (Wildman–Crippen LogP) is 3.09. The Kier molecular flexibility index (Phi) is 3.50. The number of ketones is 1. The Bertz CT molecular complexity index is 509. The average Bonchev–Trinajstić information content (AvgIpc) is 2.38. The molecule has 0 saturated heterocycles. The Morgan fingerprint density at radius 1 is 1.00 bits per heavy atom. The van der Waals surface area contributed by atoms with Crippen LogP contribution in [-0.4, -0.2) is 12.4 Å². The third-order valence-corrected chi connectivity index (χ3v) is 2.29. The molecule has 2 rings (SSSR count). The quantitative estimate of drug-likeness (QED) is 0.754. The van der Waals surface area contributed by atoms with Gasteiger partial charge in [-0.05, 0) is 24.3 Å². The van der Waals surface area contributed by atoms with Crippen molar-refractivity contribution in [3.05, 3.63) is 66.0 Å². The van der Waals surface area contributed by atoms with E-state index in [-0.39, 0.29) is 18.0 Å². The number of hydrogen-bond donors (Lipinski definition) is 0. The van der Waals surface area contributed by atoms with Gasteiger partial charge in [0.25, 0.3) is 0 Å². The van der Waals surface area contributed by atoms with Crippen LogP contribution in [0.25, 0.3) is 0 Å². The van der Waals surface area contributed by atoms with Gasteiger partial charge in [0, 0.05) is 0 Å². The second-order valence-electron chi connectivity index (χ2n) is 3.50. The number of carbonyl (C=O) groups is 1. The lowest BCUT2D eigenvalue weighted by Gasteiger charge is -2.05. The van der Waals surface area contributed by atoms with Gasteiger partial charge in [-0.25, -0.2) is 4.39 Å². The Balaban J connectivity index is 2.01. The summed E-state index contributed by atoms with van der Waals surface area (Å²) in [6.45, 7) is -0.162. The van der Waals surface area contributed by atoms with Crippen LogP contribution in [0.2, 0.25) is 0 Å². The third-order valence-electron chi connectivity index (χ3n) is 2.29. The van der Waals surface area contributed by atoms with Gasteiger partial charge in [0.1, 0.15) is 11.6 Å². The molecule has 2 aromatic carbocycles. The maximum atomic E-state index is 13.3. The summed E-state index contributed by atoms with van der Waals surface area (Å²) in [7, 11) is 0. The van der Waals surface area contributed by atoms with E-state index in [1.807, 2.05) is 18.2 Å². The summed E-state index contributed by atoms with van der Waals surface area (Å²) >= 11 is 0. The molecule has 0 aromatic heterocycles. The fraction of sp³-hybridized carbons (Fsp3) is 0.0714. The van der Waals surface area contributed by atoms with Crippen LogP contribution in [0.15, 0.2) is 54.6 Å². The highest BCUT2D eigenvalue weighted by atomic mass is 19.1. The molecule has 0 unspecified atom stereocenters. The van der Waals surface area contributed by atoms with Crippen LogP contribution in [0.3, 0.4) is 0 Å². The second kappa shape index (κ2) is 5.25. The molecule has 0 amide bonds. The van der Waals surface area contributed by atoms with Crippen LogP contribution in [0.4, 0.5) is 4.39 Å². The fourth-order valence-electron chi connectivity index (χ4n) is 1.43. The Morgan fingerprint density at radius 3 is 2.35 bits per heavy atom. The highest BCUT2D eigenvalue weighted by Crippen LogP contribution is 2.11. The largest absolute Gasteiger partial charge is 0.485 e. The van der Waals surface area contributed by atoms with Gasteiger partial charge < -0.3 is 4.74 Å². The van der Waals surface area contributed by atoms with Crippen molar-refractivity contribution >= 4 is 5.78 Å². The lowest BCUT2D eigenvalue weighted by Crippen LogP contribution is -2.13. The molecule has 0 spiro atoms. The summed E-state index contributed by atoms with van der Waals surface area (Å²) in [5.74, 6) is -0.293. The molecule has 0 bridgehead atoms. The molecule has 0 saturated carbocycles. The zero-order valence-corrected chi connectivity index (χ0v) is 9.10. The SMILES string of the molecule is O=C(COc1ccccc1)c1ccccc1F. The maximum absolute atomic E-state index is 13.3. The molecule has 2 nitrogen and oxygen atoms in total. The standard InChI is InChI=1S/C14H11FO2/c15-13-9-5-4-8-12(13)14(16)10-17-11-6-2-1-3-7-11/h1-9H,10H2. The lowest BCUT2D eigenvalue weighted by atomic mass is 10.1. The van der Waals surface area contributed by atoms with E-state index in [1.54, 1.807) is 24.3 Å². The van der Waals surface area contributed by atoms with Crippen molar-refractivity contribution in [1.29, 1.82) is 0 Å². The van der Waals surface area contributed by atoms with Crippen molar-refractivity contribution in [3.8, 4) is 5.75 Å². The van der Waals surface area contributed by atoms with Gasteiger partial charge in [0.15, 0.2) is 6.61 Å². The van der Waals surface area contributed by atoms with Crippen molar-refractivity contribution < 1.29 is 13.9 Å². The molecule has 3 heteroatoms. The number of Topliss-reactive ketones (excluding diaryl/α,β-unsaturated/α-hetero) is 1. The zero-order valence-electron chi connectivity index (χ0n) is 9.10. The molecule has 0 heterocycles. The van der Waals surface area contributed by atoms with E-state index in [0.29, 0.717) is 5.75 Å². The predicted molar refractivity (Wildman–Crippen MR) is 62.7 cm³/mol. The number of hydrogen-bond acceptors (Lipinski definition) is 2. The van der Waals surface area contributed by atoms with Crippen molar-refractivity contribution in [3.63, 3.8) is 0 Å². The minimum atomic E-state index is -0.519. The first-order valence-corrected chi connectivity index (χ1v) is 5.23. The first kappa shape index (κ1) is 11.3. The Hall–Kier alpha value is -2.16. The molecule has 0 aliphatic heterocycles. The van der Waals surface area contributed by atoms with Crippen LogP contribution in [0, 0.1) is 5.82 Å². The van der Waals surface area contributed by atoms with E-state index >= 15 is 0 Å². The van der Waals surface area contributed by atoms with E-state index in [0.717, 1.165) is 0 Å². The number of para-hydroxylation sites is 1. The van der Waals surface area contributed by atoms with Gasteiger partial charge in [-0.15, -0.1) is 0 Å². The van der Waals surface area contributed by atoms with Crippen LogP contribution < -0.4 is 4.74 Å². The summed E-state index contributed by atoms with van der Waals surface area (Å²) in [6.07, 6.45) is 0. The average molecular weight is 230 g/mol. The smallest absolute Gasteiger partial charge is 0.203 e. The van der Waals surface area contributed by atoms with Gasteiger partial charge >= 0.3 is 0 Å². The van der Waals surface area contributed by atoms with Crippen molar-refractivity contribution in [2.24, 2.45) is 0 Å². The summed E-state index contributed by atoms with van der Waals surface area (Å²) in [6, 6.07) is 14.8. The van der Waals surface area contributed by atoms with Crippen LogP contribution >= 0.6 is 0 Å². The first-order chi connectivity index (χ1) is 8.27. The molecule has 0 aliphatic rings. The van der Waals surface area contributed by atoms with Crippen molar-refractivity contribution in [2.45, 2.75) is 0 Å². The van der Waals surface area contributed by atoms with Crippen LogP contribution in [0.5, 0.6) is 5.75 Å².